The van der Waals surface area contributed by atoms with Crippen molar-refractivity contribution in [2.24, 2.45) is 0 Å². The average Bonchev–Trinajstić information content (AvgIpc) is 3.24. The number of aromatic nitrogens is 2. The lowest BCUT2D eigenvalue weighted by Crippen LogP contribution is -2.41. The van der Waals surface area contributed by atoms with E-state index < -0.39 is 0 Å². The molecule has 4 heterocycles. The summed E-state index contributed by atoms with van der Waals surface area (Å²) < 4.78 is 0. The van der Waals surface area contributed by atoms with Gasteiger partial charge in [0, 0.05) is 42.6 Å². The first kappa shape index (κ1) is 15.6. The first-order valence-corrected chi connectivity index (χ1v) is 9.33. The quantitative estimate of drug-likeness (QED) is 0.776. The largest absolute Gasteiger partial charge is 0.346 e. The van der Waals surface area contributed by atoms with Crippen molar-refractivity contribution in [3.63, 3.8) is 0 Å². The van der Waals surface area contributed by atoms with Crippen molar-refractivity contribution in [1.82, 2.24) is 14.9 Å². The van der Waals surface area contributed by atoms with E-state index in [1.165, 1.54) is 18.4 Å². The molecule has 1 aromatic carbocycles. The number of benzene rings is 1. The first-order chi connectivity index (χ1) is 12.8. The molecule has 2 aliphatic heterocycles. The van der Waals surface area contributed by atoms with E-state index in [0.717, 1.165) is 41.9 Å². The minimum absolute atomic E-state index is 0.163. The van der Waals surface area contributed by atoms with E-state index in [1.807, 2.05) is 29.3 Å². The third kappa shape index (κ3) is 2.59. The number of fused-ring (bicyclic) bond motifs is 3. The molecule has 5 heteroatoms. The lowest BCUT2D eigenvalue weighted by Gasteiger charge is -2.26. The maximum atomic E-state index is 13.3. The monoisotopic (exact) mass is 346 g/mol. The molecule has 0 bridgehead atoms. The molecule has 0 aliphatic carbocycles. The molecule has 2 aliphatic rings. The maximum absolute atomic E-state index is 13.3. The van der Waals surface area contributed by atoms with Crippen molar-refractivity contribution < 1.29 is 4.79 Å². The highest BCUT2D eigenvalue weighted by atomic mass is 16.2. The van der Waals surface area contributed by atoms with Crippen LogP contribution in [0.4, 0.5) is 5.69 Å². The number of aromatic amines is 1. The Balaban J connectivity index is 1.48. The molecule has 0 saturated carbocycles. The standard InChI is InChI=1S/C21H22N4O/c26-20(11-16-12-23-21-18(16)7-3-9-22-21)25-14-17-6-4-10-24(17)13-15-5-1-2-8-19(15)25/h1-3,5,7-9,12,17H,4,6,10-11,13-14H2,(H,22,23)/t17-/m1/s1. The average molecular weight is 346 g/mol. The molecule has 0 radical (unpaired) electrons. The summed E-state index contributed by atoms with van der Waals surface area (Å²) in [5.41, 5.74) is 4.19. The number of pyridine rings is 1. The fraction of sp³-hybridized carbons (Fsp3) is 0.333. The minimum Gasteiger partial charge on any atom is -0.346 e. The zero-order valence-corrected chi connectivity index (χ0v) is 14.7. The Morgan fingerprint density at radius 1 is 1.23 bits per heavy atom. The van der Waals surface area contributed by atoms with E-state index in [4.69, 9.17) is 0 Å². The topological polar surface area (TPSA) is 52.2 Å². The Bertz CT molecular complexity index is 963. The number of amides is 1. The van der Waals surface area contributed by atoms with Crippen LogP contribution in [0.2, 0.25) is 0 Å². The van der Waals surface area contributed by atoms with Crippen LogP contribution in [-0.4, -0.2) is 39.9 Å². The molecule has 1 saturated heterocycles. The molecule has 1 fully saturated rings. The highest BCUT2D eigenvalue weighted by Crippen LogP contribution is 2.32. The van der Waals surface area contributed by atoms with Crippen molar-refractivity contribution in [1.29, 1.82) is 0 Å². The van der Waals surface area contributed by atoms with Crippen LogP contribution in [0.1, 0.15) is 24.0 Å². The lowest BCUT2D eigenvalue weighted by atomic mass is 10.1. The fourth-order valence-electron chi connectivity index (χ4n) is 4.40. The van der Waals surface area contributed by atoms with Gasteiger partial charge in [-0.1, -0.05) is 18.2 Å². The number of para-hydroxylation sites is 1. The summed E-state index contributed by atoms with van der Waals surface area (Å²) in [7, 11) is 0. The zero-order valence-electron chi connectivity index (χ0n) is 14.7. The van der Waals surface area contributed by atoms with Gasteiger partial charge in [-0.3, -0.25) is 9.69 Å². The number of anilines is 1. The SMILES string of the molecule is O=C(Cc1c[nH]c2ncccc12)N1C[C@H]2CCCN2Cc2ccccc21. The van der Waals surface area contributed by atoms with Crippen molar-refractivity contribution >= 4 is 22.6 Å². The molecule has 3 aromatic rings. The molecule has 2 aromatic heterocycles. The van der Waals surface area contributed by atoms with Crippen molar-refractivity contribution in [2.45, 2.75) is 31.8 Å². The molecule has 26 heavy (non-hydrogen) atoms. The Hall–Kier alpha value is -2.66. The molecule has 0 unspecified atom stereocenters. The number of carbonyl (C=O) groups is 1. The Morgan fingerprint density at radius 2 is 2.15 bits per heavy atom. The van der Waals surface area contributed by atoms with Crippen LogP contribution in [0.5, 0.6) is 0 Å². The second-order valence-corrected chi connectivity index (χ2v) is 7.29. The van der Waals surface area contributed by atoms with Crippen LogP contribution in [0.25, 0.3) is 11.0 Å². The number of rotatable bonds is 2. The maximum Gasteiger partial charge on any atom is 0.231 e. The van der Waals surface area contributed by atoms with Gasteiger partial charge in [0.1, 0.15) is 5.65 Å². The highest BCUT2D eigenvalue weighted by Gasteiger charge is 2.33. The zero-order chi connectivity index (χ0) is 17.5. The summed E-state index contributed by atoms with van der Waals surface area (Å²) >= 11 is 0. The Labute approximate surface area is 152 Å². The van der Waals surface area contributed by atoms with Gasteiger partial charge in [-0.25, -0.2) is 4.98 Å². The number of hydrogen-bond acceptors (Lipinski definition) is 3. The van der Waals surface area contributed by atoms with Gasteiger partial charge >= 0.3 is 0 Å². The van der Waals surface area contributed by atoms with Gasteiger partial charge < -0.3 is 9.88 Å². The van der Waals surface area contributed by atoms with E-state index in [1.54, 1.807) is 6.20 Å². The molecule has 5 rings (SSSR count). The third-order valence-corrected chi connectivity index (χ3v) is 5.73. The normalized spacial score (nSPS) is 20.0. The molecule has 1 N–H and O–H groups in total. The number of carbonyl (C=O) groups excluding carboxylic acids is 1. The lowest BCUT2D eigenvalue weighted by molar-refractivity contribution is -0.118. The third-order valence-electron chi connectivity index (χ3n) is 5.73. The van der Waals surface area contributed by atoms with Crippen LogP contribution in [0.3, 0.4) is 0 Å². The van der Waals surface area contributed by atoms with Crippen LogP contribution in [0, 0.1) is 0 Å². The van der Waals surface area contributed by atoms with E-state index in [0.29, 0.717) is 12.5 Å². The summed E-state index contributed by atoms with van der Waals surface area (Å²) in [6.07, 6.45) is 6.48. The molecule has 5 nitrogen and oxygen atoms in total. The number of nitrogens with zero attached hydrogens (tertiary/aromatic N) is 3. The smallest absolute Gasteiger partial charge is 0.231 e. The van der Waals surface area contributed by atoms with Gasteiger partial charge in [-0.2, -0.15) is 0 Å². The summed E-state index contributed by atoms with van der Waals surface area (Å²) in [4.78, 5) is 25.3. The van der Waals surface area contributed by atoms with Gasteiger partial charge in [-0.05, 0) is 48.7 Å². The minimum atomic E-state index is 0.163. The van der Waals surface area contributed by atoms with Crippen molar-refractivity contribution in [3.05, 3.63) is 59.9 Å². The summed E-state index contributed by atoms with van der Waals surface area (Å²) in [6, 6.07) is 12.8. The van der Waals surface area contributed by atoms with Gasteiger partial charge in [0.05, 0.1) is 6.42 Å². The molecule has 1 amide bonds. The second kappa shape index (κ2) is 6.25. The molecule has 132 valence electrons. The fourth-order valence-corrected chi connectivity index (χ4v) is 4.40. The van der Waals surface area contributed by atoms with Crippen molar-refractivity contribution in [3.8, 4) is 0 Å². The predicted octanol–water partition coefficient (Wildman–Crippen LogP) is 3.12. The van der Waals surface area contributed by atoms with Gasteiger partial charge in [0.15, 0.2) is 0 Å². The molecular weight excluding hydrogens is 324 g/mol. The number of nitrogens with one attached hydrogen (secondary N) is 1. The van der Waals surface area contributed by atoms with Crippen LogP contribution >= 0.6 is 0 Å². The van der Waals surface area contributed by atoms with E-state index in [9.17, 15) is 4.79 Å². The van der Waals surface area contributed by atoms with Crippen LogP contribution in [-0.2, 0) is 17.8 Å². The van der Waals surface area contributed by atoms with Crippen LogP contribution < -0.4 is 4.90 Å². The Morgan fingerprint density at radius 3 is 3.12 bits per heavy atom. The highest BCUT2D eigenvalue weighted by molar-refractivity contribution is 5.98. The molecule has 0 spiro atoms. The van der Waals surface area contributed by atoms with E-state index in [2.05, 4.69) is 33.1 Å². The van der Waals surface area contributed by atoms with E-state index >= 15 is 0 Å². The summed E-state index contributed by atoms with van der Waals surface area (Å²) in [6.45, 7) is 2.87. The Kier molecular flexibility index (Phi) is 3.75. The predicted molar refractivity (Wildman–Crippen MR) is 102 cm³/mol. The second-order valence-electron chi connectivity index (χ2n) is 7.29. The molecular formula is C21H22N4O. The number of H-pyrrole nitrogens is 1. The molecule has 1 atom stereocenters. The number of hydrogen-bond donors (Lipinski definition) is 1. The first-order valence-electron chi connectivity index (χ1n) is 9.33. The van der Waals surface area contributed by atoms with E-state index in [-0.39, 0.29) is 5.91 Å². The van der Waals surface area contributed by atoms with Gasteiger partial charge in [0.2, 0.25) is 5.91 Å². The summed E-state index contributed by atoms with van der Waals surface area (Å²) in [5, 5.41) is 1.03. The van der Waals surface area contributed by atoms with Gasteiger partial charge in [-0.15, -0.1) is 0 Å². The van der Waals surface area contributed by atoms with Gasteiger partial charge in [0.25, 0.3) is 0 Å². The van der Waals surface area contributed by atoms with Crippen molar-refractivity contribution in [2.75, 3.05) is 18.0 Å². The summed E-state index contributed by atoms with van der Waals surface area (Å²) in [5.74, 6) is 0.163. The van der Waals surface area contributed by atoms with Crippen LogP contribution in [0.15, 0.2) is 48.8 Å².